The largest absolute Gasteiger partial charge is 0.497 e. The summed E-state index contributed by atoms with van der Waals surface area (Å²) in [6.45, 7) is 4.15. The number of anilines is 2. The van der Waals surface area contributed by atoms with Gasteiger partial charge >= 0.3 is 0 Å². The Morgan fingerprint density at radius 1 is 1.11 bits per heavy atom. The fraction of sp³-hybridized carbons (Fsp3) is 0.455. The second kappa shape index (κ2) is 8.61. The predicted octanol–water partition coefficient (Wildman–Crippen LogP) is 3.41. The van der Waals surface area contributed by atoms with E-state index >= 15 is 0 Å². The monoisotopic (exact) mass is 380 g/mol. The minimum atomic E-state index is -0.151. The fourth-order valence-corrected chi connectivity index (χ4v) is 4.22. The van der Waals surface area contributed by atoms with Crippen molar-refractivity contribution < 1.29 is 9.53 Å². The molecule has 1 N–H and O–H groups in total. The highest BCUT2D eigenvalue weighted by molar-refractivity contribution is 6.04. The van der Waals surface area contributed by atoms with Crippen LogP contribution in [0.4, 0.5) is 11.5 Å². The van der Waals surface area contributed by atoms with Crippen molar-refractivity contribution in [2.24, 2.45) is 0 Å². The summed E-state index contributed by atoms with van der Waals surface area (Å²) in [6.07, 6.45) is 7.22. The molecule has 4 rings (SSSR count). The van der Waals surface area contributed by atoms with Gasteiger partial charge in [0, 0.05) is 55.7 Å². The molecular weight excluding hydrogens is 352 g/mol. The Labute approximate surface area is 166 Å². The van der Waals surface area contributed by atoms with Crippen LogP contribution in [0.25, 0.3) is 0 Å². The quantitative estimate of drug-likeness (QED) is 0.861. The number of carbonyl (C=O) groups is 1. The van der Waals surface area contributed by atoms with Crippen molar-refractivity contribution in [1.29, 1.82) is 0 Å². The number of hydrogen-bond acceptors (Lipinski definition) is 5. The first-order valence-corrected chi connectivity index (χ1v) is 10.1. The molecule has 28 heavy (non-hydrogen) atoms. The molecule has 6 heteroatoms. The van der Waals surface area contributed by atoms with E-state index in [0.29, 0.717) is 11.3 Å². The number of benzene rings is 1. The van der Waals surface area contributed by atoms with Crippen LogP contribution in [-0.4, -0.2) is 55.1 Å². The molecule has 6 nitrogen and oxygen atoms in total. The molecule has 0 spiro atoms. The van der Waals surface area contributed by atoms with Crippen LogP contribution in [0.15, 0.2) is 42.6 Å². The lowest BCUT2D eigenvalue weighted by molar-refractivity contribution is 0.102. The molecule has 1 saturated heterocycles. The number of nitrogens with zero attached hydrogens (tertiary/aromatic N) is 3. The third-order valence-electron chi connectivity index (χ3n) is 5.81. The van der Waals surface area contributed by atoms with Crippen molar-refractivity contribution in [2.75, 3.05) is 43.5 Å². The van der Waals surface area contributed by atoms with Crippen molar-refractivity contribution in [3.05, 3.63) is 48.2 Å². The number of pyridine rings is 1. The van der Waals surface area contributed by atoms with Gasteiger partial charge in [0.15, 0.2) is 0 Å². The van der Waals surface area contributed by atoms with Crippen LogP contribution >= 0.6 is 0 Å². The standard InChI is InChI=1S/C22H28N4O2/c1-28-20-8-4-5-17(15-20)22(27)24-18-9-10-23-21(16-18)26-13-11-25(12-14-26)19-6-2-3-7-19/h4-5,8-10,15-16,19H,2-3,6-7,11-14H2,1H3,(H,23,24,27). The van der Waals surface area contributed by atoms with Crippen LogP contribution in [0, 0.1) is 0 Å². The van der Waals surface area contributed by atoms with Crippen molar-refractivity contribution in [3.8, 4) is 5.75 Å². The second-order valence-electron chi connectivity index (χ2n) is 7.55. The molecule has 2 aliphatic rings. The molecule has 1 aromatic carbocycles. The van der Waals surface area contributed by atoms with E-state index in [4.69, 9.17) is 4.74 Å². The first-order chi connectivity index (χ1) is 13.7. The Bertz CT molecular complexity index is 812. The maximum atomic E-state index is 12.6. The lowest BCUT2D eigenvalue weighted by atomic mass is 10.2. The predicted molar refractivity (Wildman–Crippen MR) is 111 cm³/mol. The molecule has 2 heterocycles. The third kappa shape index (κ3) is 4.28. The average Bonchev–Trinajstić information content (AvgIpc) is 3.29. The van der Waals surface area contributed by atoms with Crippen molar-refractivity contribution in [3.63, 3.8) is 0 Å². The summed E-state index contributed by atoms with van der Waals surface area (Å²) in [4.78, 5) is 22.0. The molecule has 1 aliphatic heterocycles. The zero-order valence-corrected chi connectivity index (χ0v) is 16.4. The summed E-state index contributed by atoms with van der Waals surface area (Å²) in [5.74, 6) is 1.44. The Kier molecular flexibility index (Phi) is 5.76. The van der Waals surface area contributed by atoms with E-state index in [-0.39, 0.29) is 5.91 Å². The zero-order valence-electron chi connectivity index (χ0n) is 16.4. The molecule has 2 aromatic rings. The minimum absolute atomic E-state index is 0.151. The van der Waals surface area contributed by atoms with Crippen LogP contribution in [-0.2, 0) is 0 Å². The lowest BCUT2D eigenvalue weighted by Gasteiger charge is -2.38. The van der Waals surface area contributed by atoms with E-state index in [2.05, 4.69) is 20.1 Å². The SMILES string of the molecule is COc1cccc(C(=O)Nc2ccnc(N3CCN(C4CCCC4)CC3)c2)c1. The molecule has 0 bridgehead atoms. The highest BCUT2D eigenvalue weighted by Gasteiger charge is 2.26. The van der Waals surface area contributed by atoms with Gasteiger partial charge in [0.05, 0.1) is 7.11 Å². The maximum Gasteiger partial charge on any atom is 0.255 e. The summed E-state index contributed by atoms with van der Waals surface area (Å²) >= 11 is 0. The van der Waals surface area contributed by atoms with Crippen molar-refractivity contribution in [2.45, 2.75) is 31.7 Å². The number of rotatable bonds is 5. The first kappa shape index (κ1) is 18.7. The minimum Gasteiger partial charge on any atom is -0.497 e. The Hall–Kier alpha value is -2.60. The third-order valence-corrected chi connectivity index (χ3v) is 5.81. The Morgan fingerprint density at radius 3 is 2.64 bits per heavy atom. The van der Waals surface area contributed by atoms with Gasteiger partial charge in [-0.15, -0.1) is 0 Å². The van der Waals surface area contributed by atoms with Gasteiger partial charge in [-0.3, -0.25) is 9.69 Å². The van der Waals surface area contributed by atoms with E-state index in [0.717, 1.165) is 43.7 Å². The smallest absolute Gasteiger partial charge is 0.255 e. The van der Waals surface area contributed by atoms with Crippen LogP contribution in [0.5, 0.6) is 5.75 Å². The summed E-state index contributed by atoms with van der Waals surface area (Å²) in [5, 5.41) is 2.97. The van der Waals surface area contributed by atoms with Crippen LogP contribution in [0.3, 0.4) is 0 Å². The van der Waals surface area contributed by atoms with Gasteiger partial charge in [0.1, 0.15) is 11.6 Å². The van der Waals surface area contributed by atoms with E-state index < -0.39 is 0 Å². The van der Waals surface area contributed by atoms with Crippen LogP contribution in [0.2, 0.25) is 0 Å². The molecule has 1 aromatic heterocycles. The number of methoxy groups -OCH3 is 1. The number of ether oxygens (including phenoxy) is 1. The Morgan fingerprint density at radius 2 is 1.89 bits per heavy atom. The molecule has 0 atom stereocenters. The number of carbonyl (C=O) groups excluding carboxylic acids is 1. The lowest BCUT2D eigenvalue weighted by Crippen LogP contribution is -2.50. The van der Waals surface area contributed by atoms with E-state index in [1.54, 1.807) is 25.4 Å². The second-order valence-corrected chi connectivity index (χ2v) is 7.55. The van der Waals surface area contributed by atoms with Crippen molar-refractivity contribution in [1.82, 2.24) is 9.88 Å². The van der Waals surface area contributed by atoms with Gasteiger partial charge in [-0.1, -0.05) is 18.9 Å². The van der Waals surface area contributed by atoms with E-state index in [1.165, 1.54) is 25.7 Å². The molecular formula is C22H28N4O2. The summed E-state index contributed by atoms with van der Waals surface area (Å²) in [5.41, 5.74) is 1.33. The summed E-state index contributed by atoms with van der Waals surface area (Å²) in [7, 11) is 1.60. The molecule has 148 valence electrons. The number of hydrogen-bond donors (Lipinski definition) is 1. The summed E-state index contributed by atoms with van der Waals surface area (Å²) < 4.78 is 5.20. The maximum absolute atomic E-state index is 12.6. The number of piperazine rings is 1. The number of aromatic nitrogens is 1. The van der Waals surface area contributed by atoms with E-state index in [1.807, 2.05) is 24.3 Å². The van der Waals surface area contributed by atoms with Gasteiger partial charge in [-0.2, -0.15) is 0 Å². The number of nitrogens with one attached hydrogen (secondary N) is 1. The van der Waals surface area contributed by atoms with Crippen LogP contribution < -0.4 is 15.0 Å². The van der Waals surface area contributed by atoms with Gasteiger partial charge in [0.2, 0.25) is 0 Å². The van der Waals surface area contributed by atoms with Crippen LogP contribution in [0.1, 0.15) is 36.0 Å². The molecule has 1 amide bonds. The van der Waals surface area contributed by atoms with Gasteiger partial charge in [0.25, 0.3) is 5.91 Å². The van der Waals surface area contributed by atoms with Crippen molar-refractivity contribution >= 4 is 17.4 Å². The fourth-order valence-electron chi connectivity index (χ4n) is 4.22. The zero-order chi connectivity index (χ0) is 19.3. The molecule has 0 unspecified atom stereocenters. The molecule has 2 fully saturated rings. The van der Waals surface area contributed by atoms with Gasteiger partial charge < -0.3 is 15.0 Å². The molecule has 1 saturated carbocycles. The number of amides is 1. The van der Waals surface area contributed by atoms with Gasteiger partial charge in [-0.05, 0) is 37.1 Å². The molecule has 1 aliphatic carbocycles. The normalized spacial score (nSPS) is 18.2. The van der Waals surface area contributed by atoms with E-state index in [9.17, 15) is 4.79 Å². The Balaban J connectivity index is 1.38. The average molecular weight is 380 g/mol. The highest BCUT2D eigenvalue weighted by Crippen LogP contribution is 2.26. The molecule has 0 radical (unpaired) electrons. The highest BCUT2D eigenvalue weighted by atomic mass is 16.5. The van der Waals surface area contributed by atoms with Gasteiger partial charge in [-0.25, -0.2) is 4.98 Å². The first-order valence-electron chi connectivity index (χ1n) is 10.1. The topological polar surface area (TPSA) is 57.7 Å². The summed E-state index contributed by atoms with van der Waals surface area (Å²) in [6, 6.07) is 11.7.